The summed E-state index contributed by atoms with van der Waals surface area (Å²) in [4.78, 5) is 3.57. The van der Waals surface area contributed by atoms with Gasteiger partial charge in [-0.3, -0.25) is 0 Å². The predicted octanol–water partition coefficient (Wildman–Crippen LogP) is 5.50. The van der Waals surface area contributed by atoms with Crippen molar-refractivity contribution in [1.29, 1.82) is 0 Å². The Kier molecular flexibility index (Phi) is 6.20. The van der Waals surface area contributed by atoms with E-state index in [-0.39, 0.29) is 0 Å². The minimum Gasteiger partial charge on any atom is -0.344 e. The maximum absolute atomic E-state index is 5.71. The van der Waals surface area contributed by atoms with Gasteiger partial charge in [0.05, 0.1) is 6.54 Å². The molecule has 0 unspecified atom stereocenters. The van der Waals surface area contributed by atoms with E-state index in [9.17, 15) is 0 Å². The van der Waals surface area contributed by atoms with Crippen LogP contribution in [0.15, 0.2) is 72.1 Å². The van der Waals surface area contributed by atoms with E-state index in [0.717, 1.165) is 30.3 Å². The summed E-state index contributed by atoms with van der Waals surface area (Å²) in [7, 11) is 0. The SMILES string of the molecule is Cc1cccc(NC(=S)N(CCc2ccccc2)Cc2cccs2)c1. The largest absolute Gasteiger partial charge is 0.344 e. The number of anilines is 1. The average molecular weight is 367 g/mol. The summed E-state index contributed by atoms with van der Waals surface area (Å²) in [5.74, 6) is 0. The van der Waals surface area contributed by atoms with Crippen LogP contribution in [0.3, 0.4) is 0 Å². The normalized spacial score (nSPS) is 10.4. The highest BCUT2D eigenvalue weighted by molar-refractivity contribution is 7.80. The molecule has 0 spiro atoms. The number of hydrogen-bond donors (Lipinski definition) is 1. The number of benzene rings is 2. The molecule has 2 aromatic carbocycles. The van der Waals surface area contributed by atoms with Crippen LogP contribution in [0.4, 0.5) is 5.69 Å². The lowest BCUT2D eigenvalue weighted by Crippen LogP contribution is -2.35. The molecule has 0 fully saturated rings. The van der Waals surface area contributed by atoms with Crippen LogP contribution in [0, 0.1) is 6.92 Å². The molecule has 0 aliphatic rings. The first-order chi connectivity index (χ1) is 12.2. The fourth-order valence-electron chi connectivity index (χ4n) is 2.68. The van der Waals surface area contributed by atoms with E-state index in [1.165, 1.54) is 16.0 Å². The van der Waals surface area contributed by atoms with Crippen LogP contribution in [0.5, 0.6) is 0 Å². The molecule has 0 radical (unpaired) electrons. The van der Waals surface area contributed by atoms with Crippen molar-refractivity contribution in [2.24, 2.45) is 0 Å². The maximum atomic E-state index is 5.71. The van der Waals surface area contributed by atoms with Gasteiger partial charge in [-0.25, -0.2) is 0 Å². The average Bonchev–Trinajstić information content (AvgIpc) is 3.12. The van der Waals surface area contributed by atoms with Gasteiger partial charge in [0.2, 0.25) is 0 Å². The van der Waals surface area contributed by atoms with Crippen LogP contribution in [0.2, 0.25) is 0 Å². The number of rotatable bonds is 6. The molecule has 3 aromatic rings. The zero-order chi connectivity index (χ0) is 17.5. The second-order valence-corrected chi connectivity index (χ2v) is 7.46. The molecule has 0 atom stereocenters. The fourth-order valence-corrected chi connectivity index (χ4v) is 3.67. The van der Waals surface area contributed by atoms with E-state index < -0.39 is 0 Å². The van der Waals surface area contributed by atoms with Crippen molar-refractivity contribution in [1.82, 2.24) is 4.90 Å². The van der Waals surface area contributed by atoms with Gasteiger partial charge in [0.1, 0.15) is 0 Å². The van der Waals surface area contributed by atoms with E-state index in [0.29, 0.717) is 0 Å². The number of thiocarbonyl (C=S) groups is 1. The second kappa shape index (κ2) is 8.79. The molecule has 1 heterocycles. The Morgan fingerprint density at radius 2 is 1.88 bits per heavy atom. The lowest BCUT2D eigenvalue weighted by Gasteiger charge is -2.25. The molecule has 0 aliphatic heterocycles. The van der Waals surface area contributed by atoms with Crippen LogP contribution in [-0.2, 0) is 13.0 Å². The van der Waals surface area contributed by atoms with Crippen LogP contribution >= 0.6 is 23.6 Å². The molecular weight excluding hydrogens is 344 g/mol. The third-order valence-electron chi connectivity index (χ3n) is 4.00. The Bertz CT molecular complexity index is 798. The van der Waals surface area contributed by atoms with Gasteiger partial charge < -0.3 is 10.2 Å². The molecule has 0 bridgehead atoms. The molecule has 0 saturated heterocycles. The first-order valence-electron chi connectivity index (χ1n) is 8.39. The van der Waals surface area contributed by atoms with E-state index in [2.05, 4.69) is 83.2 Å². The van der Waals surface area contributed by atoms with Crippen molar-refractivity contribution in [3.8, 4) is 0 Å². The minimum absolute atomic E-state index is 0.773. The van der Waals surface area contributed by atoms with Gasteiger partial charge in [-0.1, -0.05) is 48.5 Å². The third kappa shape index (κ3) is 5.41. The van der Waals surface area contributed by atoms with E-state index in [1.807, 2.05) is 6.07 Å². The number of nitrogens with one attached hydrogen (secondary N) is 1. The van der Waals surface area contributed by atoms with Crippen molar-refractivity contribution in [2.75, 3.05) is 11.9 Å². The van der Waals surface area contributed by atoms with Gasteiger partial charge in [-0.15, -0.1) is 11.3 Å². The molecule has 3 rings (SSSR count). The highest BCUT2D eigenvalue weighted by Crippen LogP contribution is 2.16. The third-order valence-corrected chi connectivity index (χ3v) is 5.22. The Balaban J connectivity index is 1.69. The van der Waals surface area contributed by atoms with Gasteiger partial charge in [-0.05, 0) is 60.3 Å². The Hall–Kier alpha value is -2.17. The molecule has 0 saturated carbocycles. The van der Waals surface area contributed by atoms with Gasteiger partial charge in [0.25, 0.3) is 0 Å². The van der Waals surface area contributed by atoms with E-state index in [4.69, 9.17) is 12.2 Å². The van der Waals surface area contributed by atoms with Crippen molar-refractivity contribution in [3.63, 3.8) is 0 Å². The first kappa shape index (κ1) is 17.6. The summed E-state index contributed by atoms with van der Waals surface area (Å²) < 4.78 is 0. The lowest BCUT2D eigenvalue weighted by atomic mass is 10.1. The van der Waals surface area contributed by atoms with Gasteiger partial charge in [0.15, 0.2) is 5.11 Å². The number of nitrogens with zero attached hydrogens (tertiary/aromatic N) is 1. The lowest BCUT2D eigenvalue weighted by molar-refractivity contribution is 0.427. The van der Waals surface area contributed by atoms with E-state index in [1.54, 1.807) is 11.3 Å². The minimum atomic E-state index is 0.773. The monoisotopic (exact) mass is 366 g/mol. The molecule has 0 aliphatic carbocycles. The molecule has 4 heteroatoms. The summed E-state index contributed by atoms with van der Waals surface area (Å²) in [6.07, 6.45) is 0.974. The fraction of sp³-hybridized carbons (Fsp3) is 0.190. The summed E-state index contributed by atoms with van der Waals surface area (Å²) in [5.41, 5.74) is 3.60. The van der Waals surface area contributed by atoms with Crippen LogP contribution in [-0.4, -0.2) is 16.6 Å². The highest BCUT2D eigenvalue weighted by atomic mass is 32.1. The molecule has 1 aromatic heterocycles. The van der Waals surface area contributed by atoms with E-state index >= 15 is 0 Å². The Morgan fingerprint density at radius 1 is 1.04 bits per heavy atom. The van der Waals surface area contributed by atoms with Crippen LogP contribution in [0.25, 0.3) is 0 Å². The van der Waals surface area contributed by atoms with Crippen molar-refractivity contribution in [2.45, 2.75) is 19.9 Å². The predicted molar refractivity (Wildman–Crippen MR) is 112 cm³/mol. The zero-order valence-corrected chi connectivity index (χ0v) is 15.9. The number of thiophene rings is 1. The molecule has 25 heavy (non-hydrogen) atoms. The Morgan fingerprint density at radius 3 is 2.60 bits per heavy atom. The van der Waals surface area contributed by atoms with Gasteiger partial charge in [-0.2, -0.15) is 0 Å². The smallest absolute Gasteiger partial charge is 0.173 e. The zero-order valence-electron chi connectivity index (χ0n) is 14.3. The topological polar surface area (TPSA) is 15.3 Å². The second-order valence-electron chi connectivity index (χ2n) is 6.04. The summed E-state index contributed by atoms with van der Waals surface area (Å²) in [6, 6.07) is 23.1. The van der Waals surface area contributed by atoms with Crippen molar-refractivity contribution < 1.29 is 0 Å². The molecular formula is C21H22N2S2. The molecule has 128 valence electrons. The van der Waals surface area contributed by atoms with Crippen LogP contribution < -0.4 is 5.32 Å². The maximum Gasteiger partial charge on any atom is 0.173 e. The summed E-state index contributed by atoms with van der Waals surface area (Å²) in [6.45, 7) is 3.81. The summed E-state index contributed by atoms with van der Waals surface area (Å²) in [5, 5.41) is 6.28. The molecule has 2 nitrogen and oxygen atoms in total. The standard InChI is InChI=1S/C21H22N2S2/c1-17-7-5-10-19(15-17)22-21(24)23(16-20-11-6-14-25-20)13-12-18-8-3-2-4-9-18/h2-11,14-15H,12-13,16H2,1H3,(H,22,24). The summed E-state index contributed by atoms with van der Waals surface area (Å²) >= 11 is 7.48. The van der Waals surface area contributed by atoms with Crippen LogP contribution in [0.1, 0.15) is 16.0 Å². The van der Waals surface area contributed by atoms with Gasteiger partial charge in [0, 0.05) is 17.1 Å². The highest BCUT2D eigenvalue weighted by Gasteiger charge is 2.12. The van der Waals surface area contributed by atoms with Crippen molar-refractivity contribution >= 4 is 34.4 Å². The molecule has 0 amide bonds. The molecule has 1 N–H and O–H groups in total. The first-order valence-corrected chi connectivity index (χ1v) is 9.68. The van der Waals surface area contributed by atoms with Crippen molar-refractivity contribution in [3.05, 3.63) is 88.1 Å². The van der Waals surface area contributed by atoms with Gasteiger partial charge >= 0.3 is 0 Å². The quantitative estimate of drug-likeness (QED) is 0.580. The Labute approximate surface area is 159 Å². The number of hydrogen-bond acceptors (Lipinski definition) is 2. The number of aryl methyl sites for hydroxylation is 1.